The molecule has 3 rings (SSSR count). The molecule has 0 unspecified atom stereocenters. The maximum absolute atomic E-state index is 4.31. The lowest BCUT2D eigenvalue weighted by Gasteiger charge is -2.26. The molecule has 0 radical (unpaired) electrons. The van der Waals surface area contributed by atoms with Crippen molar-refractivity contribution in [2.24, 2.45) is 0 Å². The van der Waals surface area contributed by atoms with Crippen LogP contribution in [0, 0.1) is 0 Å². The number of fused-ring (bicyclic) bond motifs is 1. The van der Waals surface area contributed by atoms with Crippen molar-refractivity contribution in [3.05, 3.63) is 22.1 Å². The summed E-state index contributed by atoms with van der Waals surface area (Å²) < 4.78 is 3.00. The second-order valence-corrected chi connectivity index (χ2v) is 5.53. The van der Waals surface area contributed by atoms with E-state index in [-0.39, 0.29) is 0 Å². The van der Waals surface area contributed by atoms with Crippen LogP contribution in [0.4, 0.5) is 5.13 Å². The summed E-state index contributed by atoms with van der Waals surface area (Å²) in [5.74, 6) is 1.09. The second kappa shape index (κ2) is 3.57. The Hall–Kier alpha value is -0.950. The minimum atomic E-state index is 0.814. The molecule has 0 aromatic carbocycles. The molecule has 0 atom stereocenters. The molecule has 5 nitrogen and oxygen atoms in total. The minimum Gasteiger partial charge on any atom is -0.337 e. The molecule has 15 heavy (non-hydrogen) atoms. The Morgan fingerprint density at radius 1 is 1.33 bits per heavy atom. The van der Waals surface area contributed by atoms with E-state index < -0.39 is 0 Å². The average molecular weight is 286 g/mol. The van der Waals surface area contributed by atoms with Crippen LogP contribution in [0.3, 0.4) is 0 Å². The zero-order valence-corrected chi connectivity index (χ0v) is 10.2. The number of imidazole rings is 1. The first kappa shape index (κ1) is 9.29. The van der Waals surface area contributed by atoms with E-state index in [0.717, 1.165) is 34.5 Å². The predicted octanol–water partition coefficient (Wildman–Crippen LogP) is 1.52. The van der Waals surface area contributed by atoms with E-state index in [1.165, 1.54) is 0 Å². The fourth-order valence-electron chi connectivity index (χ4n) is 1.66. The molecule has 2 aromatic rings. The molecule has 7 heteroatoms. The Bertz CT molecular complexity index is 479. The fraction of sp³-hybridized carbons (Fsp3) is 0.375. The third kappa shape index (κ3) is 1.65. The number of hydrogen-bond acceptors (Lipinski definition) is 5. The van der Waals surface area contributed by atoms with Gasteiger partial charge >= 0.3 is 0 Å². The van der Waals surface area contributed by atoms with Crippen LogP contribution in [0.1, 0.15) is 5.82 Å². The van der Waals surface area contributed by atoms with E-state index in [9.17, 15) is 0 Å². The Labute approximate surface area is 98.9 Å². The van der Waals surface area contributed by atoms with Crippen molar-refractivity contribution in [3.63, 3.8) is 0 Å². The van der Waals surface area contributed by atoms with Crippen LogP contribution in [0.5, 0.6) is 0 Å². The lowest BCUT2D eigenvalue weighted by molar-refractivity contribution is 0.558. The zero-order chi connectivity index (χ0) is 10.3. The molecular formula is C8H8BrN5S. The van der Waals surface area contributed by atoms with Crippen LogP contribution >= 0.6 is 27.3 Å². The number of halogens is 1. The van der Waals surface area contributed by atoms with Crippen molar-refractivity contribution < 1.29 is 0 Å². The number of hydrogen-bond donors (Lipinski definition) is 0. The number of aromatic nitrogens is 4. The highest BCUT2D eigenvalue weighted by Gasteiger charge is 2.19. The van der Waals surface area contributed by atoms with E-state index in [0.29, 0.717) is 0 Å². The van der Waals surface area contributed by atoms with E-state index in [1.54, 1.807) is 11.3 Å². The maximum Gasteiger partial charge on any atom is 0.209 e. The Morgan fingerprint density at radius 3 is 3.07 bits per heavy atom. The van der Waals surface area contributed by atoms with Crippen molar-refractivity contribution in [2.45, 2.75) is 13.1 Å². The first-order valence-electron chi connectivity index (χ1n) is 4.57. The molecule has 1 aliphatic rings. The molecule has 3 heterocycles. The molecule has 0 aliphatic carbocycles. The van der Waals surface area contributed by atoms with E-state index in [4.69, 9.17) is 0 Å². The van der Waals surface area contributed by atoms with Crippen LogP contribution in [-0.2, 0) is 13.1 Å². The smallest absolute Gasteiger partial charge is 0.209 e. The van der Waals surface area contributed by atoms with Crippen LogP contribution in [0.15, 0.2) is 16.3 Å². The van der Waals surface area contributed by atoms with Crippen LogP contribution in [0.25, 0.3) is 0 Å². The van der Waals surface area contributed by atoms with Gasteiger partial charge < -0.3 is 9.47 Å². The standard InChI is InChI=1S/C8H8BrN5S/c9-7-11-12-8(15-7)14-4-3-13-2-1-10-6(13)5-14/h1-2H,3-5H2. The second-order valence-electron chi connectivity index (χ2n) is 3.30. The first-order chi connectivity index (χ1) is 7.33. The van der Waals surface area contributed by atoms with Gasteiger partial charge in [0.05, 0.1) is 6.54 Å². The summed E-state index contributed by atoms with van der Waals surface area (Å²) >= 11 is 4.88. The Balaban J connectivity index is 1.87. The highest BCUT2D eigenvalue weighted by molar-refractivity contribution is 9.11. The Morgan fingerprint density at radius 2 is 2.27 bits per heavy atom. The van der Waals surface area contributed by atoms with Crippen molar-refractivity contribution in [3.8, 4) is 0 Å². The number of nitrogens with zero attached hydrogens (tertiary/aromatic N) is 5. The van der Waals surface area contributed by atoms with E-state index in [2.05, 4.69) is 40.6 Å². The van der Waals surface area contributed by atoms with Crippen molar-refractivity contribution in [2.75, 3.05) is 11.4 Å². The molecule has 0 saturated carbocycles. The zero-order valence-electron chi connectivity index (χ0n) is 7.80. The highest BCUT2D eigenvalue weighted by Crippen LogP contribution is 2.26. The summed E-state index contributed by atoms with van der Waals surface area (Å²) in [5.41, 5.74) is 0. The van der Waals surface area contributed by atoms with Gasteiger partial charge in [-0.2, -0.15) is 0 Å². The molecule has 0 spiro atoms. The lowest BCUT2D eigenvalue weighted by atomic mass is 10.4. The van der Waals surface area contributed by atoms with Gasteiger partial charge in [-0.1, -0.05) is 11.3 Å². The van der Waals surface area contributed by atoms with Gasteiger partial charge in [-0.05, 0) is 15.9 Å². The molecule has 1 aliphatic heterocycles. The van der Waals surface area contributed by atoms with Crippen molar-refractivity contribution in [1.29, 1.82) is 0 Å². The van der Waals surface area contributed by atoms with Gasteiger partial charge in [0.2, 0.25) is 5.13 Å². The average Bonchev–Trinajstić information content (AvgIpc) is 2.84. The summed E-state index contributed by atoms with van der Waals surface area (Å²) in [7, 11) is 0. The number of rotatable bonds is 1. The van der Waals surface area contributed by atoms with Crippen LogP contribution in [0.2, 0.25) is 0 Å². The summed E-state index contributed by atoms with van der Waals surface area (Å²) in [4.78, 5) is 6.50. The molecule has 0 bridgehead atoms. The normalized spacial score (nSPS) is 15.4. The molecular weight excluding hydrogens is 278 g/mol. The highest BCUT2D eigenvalue weighted by atomic mass is 79.9. The van der Waals surface area contributed by atoms with Gasteiger partial charge in [-0.3, -0.25) is 0 Å². The quantitative estimate of drug-likeness (QED) is 0.797. The minimum absolute atomic E-state index is 0.814. The van der Waals surface area contributed by atoms with E-state index in [1.807, 2.05) is 12.4 Å². The summed E-state index contributed by atoms with van der Waals surface area (Å²) in [6.45, 7) is 2.74. The lowest BCUT2D eigenvalue weighted by Crippen LogP contribution is -2.33. The largest absolute Gasteiger partial charge is 0.337 e. The summed E-state index contributed by atoms with van der Waals surface area (Å²) in [5, 5.41) is 9.01. The molecule has 2 aromatic heterocycles. The van der Waals surface area contributed by atoms with Gasteiger partial charge in [-0.25, -0.2) is 4.98 Å². The van der Waals surface area contributed by atoms with E-state index >= 15 is 0 Å². The third-order valence-corrected chi connectivity index (χ3v) is 3.82. The molecule has 0 amide bonds. The molecule has 0 N–H and O–H groups in total. The van der Waals surface area contributed by atoms with Gasteiger partial charge in [0.25, 0.3) is 0 Å². The Kier molecular flexibility index (Phi) is 2.21. The summed E-state index contributed by atoms with van der Waals surface area (Å²) in [6.07, 6.45) is 3.86. The van der Waals surface area contributed by atoms with Gasteiger partial charge in [-0.15, -0.1) is 10.2 Å². The third-order valence-electron chi connectivity index (χ3n) is 2.41. The van der Waals surface area contributed by atoms with Gasteiger partial charge in [0, 0.05) is 25.5 Å². The topological polar surface area (TPSA) is 46.8 Å². The summed E-state index contributed by atoms with van der Waals surface area (Å²) in [6, 6.07) is 0. The van der Waals surface area contributed by atoms with Crippen molar-refractivity contribution >= 4 is 32.4 Å². The monoisotopic (exact) mass is 285 g/mol. The SMILES string of the molecule is Brc1nnc(N2CCn3ccnc3C2)s1. The maximum atomic E-state index is 4.31. The fourth-order valence-corrected chi connectivity index (χ4v) is 2.78. The molecule has 0 saturated heterocycles. The number of anilines is 1. The van der Waals surface area contributed by atoms with Crippen LogP contribution < -0.4 is 4.90 Å². The first-order valence-corrected chi connectivity index (χ1v) is 6.18. The van der Waals surface area contributed by atoms with Gasteiger partial charge in [0.15, 0.2) is 3.92 Å². The van der Waals surface area contributed by atoms with Gasteiger partial charge in [0.1, 0.15) is 5.82 Å². The molecule has 0 fully saturated rings. The predicted molar refractivity (Wildman–Crippen MR) is 60.9 cm³/mol. The molecule has 78 valence electrons. The van der Waals surface area contributed by atoms with Crippen LogP contribution in [-0.4, -0.2) is 26.3 Å². The van der Waals surface area contributed by atoms with Crippen molar-refractivity contribution in [1.82, 2.24) is 19.7 Å².